The van der Waals surface area contributed by atoms with Gasteiger partial charge < -0.3 is 4.90 Å². The Balaban J connectivity index is 2.82. The van der Waals surface area contributed by atoms with Gasteiger partial charge in [-0.25, -0.2) is 5.84 Å². The van der Waals surface area contributed by atoms with Gasteiger partial charge in [0.15, 0.2) is 0 Å². The monoisotopic (exact) mass is 246 g/mol. The smallest absolute Gasteiger partial charge is 0.238 e. The first-order valence-electron chi connectivity index (χ1n) is 5.74. The summed E-state index contributed by atoms with van der Waals surface area (Å²) >= 11 is 0. The molecular formula is C13H18N4O. The number of hydrogen-bond donors (Lipinski definition) is 2. The maximum atomic E-state index is 11.5. The lowest BCUT2D eigenvalue weighted by molar-refractivity contribution is -0.125. The van der Waals surface area contributed by atoms with Crippen molar-refractivity contribution in [2.75, 3.05) is 11.9 Å². The van der Waals surface area contributed by atoms with Gasteiger partial charge in [0, 0.05) is 18.8 Å². The Morgan fingerprint density at radius 3 is 2.39 bits per heavy atom. The topological polar surface area (TPSA) is 82.2 Å². The van der Waals surface area contributed by atoms with Crippen LogP contribution in [0.25, 0.3) is 0 Å². The molecule has 0 aliphatic rings. The van der Waals surface area contributed by atoms with Gasteiger partial charge in [-0.05, 0) is 31.2 Å². The molecule has 0 aromatic heterocycles. The number of hydrazine groups is 1. The van der Waals surface area contributed by atoms with E-state index in [2.05, 4.69) is 11.5 Å². The fourth-order valence-corrected chi connectivity index (χ4v) is 1.69. The highest BCUT2D eigenvalue weighted by Gasteiger charge is 2.23. The molecule has 5 heteroatoms. The SMILES string of the molecule is CC(C(=O)NN)C(C)N(C)c1ccc(C#N)cc1. The van der Waals surface area contributed by atoms with E-state index in [1.807, 2.05) is 37.9 Å². The quantitative estimate of drug-likeness (QED) is 0.472. The molecule has 0 fully saturated rings. The highest BCUT2D eigenvalue weighted by molar-refractivity contribution is 5.78. The van der Waals surface area contributed by atoms with E-state index in [1.165, 1.54) is 0 Å². The van der Waals surface area contributed by atoms with E-state index in [-0.39, 0.29) is 17.9 Å². The molecular weight excluding hydrogens is 228 g/mol. The molecule has 2 unspecified atom stereocenters. The number of rotatable bonds is 4. The molecule has 1 aromatic rings. The Hall–Kier alpha value is -2.06. The number of nitrogens with one attached hydrogen (secondary N) is 1. The van der Waals surface area contributed by atoms with Crippen LogP contribution in [0.3, 0.4) is 0 Å². The molecule has 0 spiro atoms. The summed E-state index contributed by atoms with van der Waals surface area (Å²) in [6, 6.07) is 9.31. The Morgan fingerprint density at radius 2 is 1.94 bits per heavy atom. The number of nitriles is 1. The molecule has 0 aliphatic carbocycles. The summed E-state index contributed by atoms with van der Waals surface area (Å²) in [6.07, 6.45) is 0. The van der Waals surface area contributed by atoms with Crippen molar-refractivity contribution in [3.63, 3.8) is 0 Å². The first-order valence-corrected chi connectivity index (χ1v) is 5.74. The lowest BCUT2D eigenvalue weighted by Gasteiger charge is -2.30. The van der Waals surface area contributed by atoms with Crippen molar-refractivity contribution in [1.82, 2.24) is 5.43 Å². The first-order chi connectivity index (χ1) is 8.51. The van der Waals surface area contributed by atoms with Crippen LogP contribution in [-0.4, -0.2) is 19.0 Å². The number of anilines is 1. The van der Waals surface area contributed by atoms with Gasteiger partial charge in [-0.2, -0.15) is 5.26 Å². The summed E-state index contributed by atoms with van der Waals surface area (Å²) in [4.78, 5) is 13.5. The van der Waals surface area contributed by atoms with Gasteiger partial charge in [0.2, 0.25) is 5.91 Å². The van der Waals surface area contributed by atoms with E-state index in [0.29, 0.717) is 5.56 Å². The summed E-state index contributed by atoms with van der Waals surface area (Å²) in [5, 5.41) is 8.74. The van der Waals surface area contributed by atoms with Crippen molar-refractivity contribution in [2.45, 2.75) is 19.9 Å². The second-order valence-electron chi connectivity index (χ2n) is 4.31. The summed E-state index contributed by atoms with van der Waals surface area (Å²) in [6.45, 7) is 3.78. The van der Waals surface area contributed by atoms with E-state index in [0.717, 1.165) is 5.69 Å². The van der Waals surface area contributed by atoms with E-state index in [4.69, 9.17) is 11.1 Å². The minimum Gasteiger partial charge on any atom is -0.371 e. The Labute approximate surface area is 107 Å². The fourth-order valence-electron chi connectivity index (χ4n) is 1.69. The molecule has 0 saturated heterocycles. The molecule has 0 radical (unpaired) electrons. The molecule has 0 bridgehead atoms. The third-order valence-electron chi connectivity index (χ3n) is 3.29. The van der Waals surface area contributed by atoms with Crippen molar-refractivity contribution >= 4 is 11.6 Å². The highest BCUT2D eigenvalue weighted by Crippen LogP contribution is 2.19. The molecule has 0 aliphatic heterocycles. The lowest BCUT2D eigenvalue weighted by Crippen LogP contribution is -2.44. The van der Waals surface area contributed by atoms with Crippen molar-refractivity contribution < 1.29 is 4.79 Å². The molecule has 5 nitrogen and oxygen atoms in total. The standard InChI is InChI=1S/C13H18N4O/c1-9(13(18)16-15)10(2)17(3)12-6-4-11(8-14)5-7-12/h4-7,9-10H,15H2,1-3H3,(H,16,18). The lowest BCUT2D eigenvalue weighted by atomic mass is 10.0. The Bertz CT molecular complexity index is 449. The zero-order chi connectivity index (χ0) is 13.7. The number of nitrogens with zero attached hydrogens (tertiary/aromatic N) is 2. The molecule has 0 heterocycles. The number of hydrogen-bond acceptors (Lipinski definition) is 4. The van der Waals surface area contributed by atoms with Crippen LogP contribution in [0.5, 0.6) is 0 Å². The Morgan fingerprint density at radius 1 is 1.39 bits per heavy atom. The molecule has 18 heavy (non-hydrogen) atoms. The maximum Gasteiger partial charge on any atom is 0.238 e. The number of carbonyl (C=O) groups is 1. The first kappa shape index (κ1) is 14.0. The Kier molecular flexibility index (Phi) is 4.69. The molecule has 3 N–H and O–H groups in total. The van der Waals surface area contributed by atoms with E-state index in [9.17, 15) is 4.79 Å². The molecule has 1 amide bonds. The van der Waals surface area contributed by atoms with E-state index >= 15 is 0 Å². The average Bonchev–Trinajstić information content (AvgIpc) is 2.44. The third-order valence-corrected chi connectivity index (χ3v) is 3.29. The zero-order valence-electron chi connectivity index (χ0n) is 10.8. The number of nitrogens with two attached hydrogens (primary N) is 1. The predicted molar refractivity (Wildman–Crippen MR) is 70.5 cm³/mol. The van der Waals surface area contributed by atoms with Crippen LogP contribution in [0.2, 0.25) is 0 Å². The van der Waals surface area contributed by atoms with Gasteiger partial charge in [-0.1, -0.05) is 6.92 Å². The minimum atomic E-state index is -0.226. The van der Waals surface area contributed by atoms with E-state index in [1.54, 1.807) is 12.1 Å². The van der Waals surface area contributed by atoms with Gasteiger partial charge >= 0.3 is 0 Å². The highest BCUT2D eigenvalue weighted by atomic mass is 16.2. The molecule has 0 saturated carbocycles. The molecule has 2 atom stereocenters. The third kappa shape index (κ3) is 2.99. The average molecular weight is 246 g/mol. The predicted octanol–water partition coefficient (Wildman–Crippen LogP) is 1.01. The van der Waals surface area contributed by atoms with Gasteiger partial charge in [-0.15, -0.1) is 0 Å². The minimum absolute atomic E-state index is 0.00138. The van der Waals surface area contributed by atoms with Crippen LogP contribution in [-0.2, 0) is 4.79 Å². The number of amides is 1. The summed E-state index contributed by atoms with van der Waals surface area (Å²) in [7, 11) is 1.91. The van der Waals surface area contributed by atoms with Crippen molar-refractivity contribution in [1.29, 1.82) is 5.26 Å². The van der Waals surface area contributed by atoms with Gasteiger partial charge in [-0.3, -0.25) is 10.2 Å². The van der Waals surface area contributed by atoms with Gasteiger partial charge in [0.05, 0.1) is 17.6 Å². The van der Waals surface area contributed by atoms with Crippen molar-refractivity contribution in [3.8, 4) is 6.07 Å². The number of benzene rings is 1. The van der Waals surface area contributed by atoms with Crippen LogP contribution in [0.15, 0.2) is 24.3 Å². The summed E-state index contributed by atoms with van der Waals surface area (Å²) in [5.74, 6) is 4.72. The molecule has 1 rings (SSSR count). The van der Waals surface area contributed by atoms with Crippen molar-refractivity contribution in [3.05, 3.63) is 29.8 Å². The second kappa shape index (κ2) is 6.03. The zero-order valence-corrected chi connectivity index (χ0v) is 10.8. The fraction of sp³-hybridized carbons (Fsp3) is 0.385. The van der Waals surface area contributed by atoms with Crippen LogP contribution >= 0.6 is 0 Å². The van der Waals surface area contributed by atoms with Crippen LogP contribution < -0.4 is 16.2 Å². The maximum absolute atomic E-state index is 11.5. The second-order valence-corrected chi connectivity index (χ2v) is 4.31. The van der Waals surface area contributed by atoms with E-state index < -0.39 is 0 Å². The van der Waals surface area contributed by atoms with Crippen LogP contribution in [0.4, 0.5) is 5.69 Å². The van der Waals surface area contributed by atoms with Crippen LogP contribution in [0.1, 0.15) is 19.4 Å². The normalized spacial score (nSPS) is 13.3. The van der Waals surface area contributed by atoms with Gasteiger partial charge in [0.25, 0.3) is 0 Å². The summed E-state index contributed by atoms with van der Waals surface area (Å²) < 4.78 is 0. The summed E-state index contributed by atoms with van der Waals surface area (Å²) in [5.41, 5.74) is 3.74. The number of carbonyl (C=O) groups excluding carboxylic acids is 1. The largest absolute Gasteiger partial charge is 0.371 e. The van der Waals surface area contributed by atoms with Crippen LogP contribution in [0, 0.1) is 17.2 Å². The molecule has 1 aromatic carbocycles. The van der Waals surface area contributed by atoms with Gasteiger partial charge in [0.1, 0.15) is 0 Å². The molecule has 96 valence electrons. The van der Waals surface area contributed by atoms with Crippen molar-refractivity contribution in [2.24, 2.45) is 11.8 Å².